The average molecular weight is 745 g/mol. The van der Waals surface area contributed by atoms with E-state index >= 15 is 0 Å². The molecule has 266 valence electrons. The number of thiophene rings is 1. The van der Waals surface area contributed by atoms with E-state index < -0.39 is 0 Å². The van der Waals surface area contributed by atoms with Gasteiger partial charge < -0.3 is 9.13 Å². The van der Waals surface area contributed by atoms with E-state index in [-0.39, 0.29) is 0 Å². The number of fused-ring (bicyclic) bond motifs is 9. The Labute approximate surface area is 332 Å². The van der Waals surface area contributed by atoms with Gasteiger partial charge in [-0.3, -0.25) is 0 Å². The lowest BCUT2D eigenvalue weighted by molar-refractivity contribution is 1.13. The van der Waals surface area contributed by atoms with Crippen LogP contribution in [0, 0.1) is 0 Å². The zero-order chi connectivity index (χ0) is 37.5. The van der Waals surface area contributed by atoms with Crippen LogP contribution in [0.4, 0.5) is 0 Å². The molecular weight excluding hydrogens is 713 g/mol. The van der Waals surface area contributed by atoms with Gasteiger partial charge in [-0.15, -0.1) is 11.3 Å². The molecule has 0 radical (unpaired) electrons. The molecule has 0 aliphatic carbocycles. The Morgan fingerprint density at radius 2 is 0.772 bits per heavy atom. The van der Waals surface area contributed by atoms with Crippen molar-refractivity contribution in [2.24, 2.45) is 0 Å². The predicted molar refractivity (Wildman–Crippen MR) is 240 cm³/mol. The first-order valence-corrected chi connectivity index (χ1v) is 20.1. The summed E-state index contributed by atoms with van der Waals surface area (Å²) in [5.41, 5.74) is 11.6. The fourth-order valence-corrected chi connectivity index (χ4v) is 10.1. The summed E-state index contributed by atoms with van der Waals surface area (Å²) < 4.78 is 7.33. The summed E-state index contributed by atoms with van der Waals surface area (Å²) in [7, 11) is 0. The van der Waals surface area contributed by atoms with Crippen LogP contribution >= 0.6 is 11.3 Å². The van der Waals surface area contributed by atoms with E-state index in [1.54, 1.807) is 0 Å². The number of benzene rings is 8. The van der Waals surface area contributed by atoms with Crippen molar-refractivity contribution in [3.05, 3.63) is 194 Å². The number of para-hydroxylation sites is 4. The second-order valence-corrected chi connectivity index (χ2v) is 15.6. The van der Waals surface area contributed by atoms with Crippen molar-refractivity contribution in [3.63, 3.8) is 0 Å². The molecule has 0 amide bonds. The molecule has 0 unspecified atom stereocenters. The summed E-state index contributed by atoms with van der Waals surface area (Å²) in [6.07, 6.45) is 0. The molecule has 12 rings (SSSR count). The summed E-state index contributed by atoms with van der Waals surface area (Å²) in [5, 5.41) is 7.21. The minimum absolute atomic E-state index is 0.689. The van der Waals surface area contributed by atoms with Crippen LogP contribution in [-0.4, -0.2) is 19.1 Å². The van der Waals surface area contributed by atoms with Crippen LogP contribution in [0.1, 0.15) is 0 Å². The van der Waals surface area contributed by atoms with Gasteiger partial charge in [-0.1, -0.05) is 152 Å². The zero-order valence-corrected chi connectivity index (χ0v) is 31.5. The van der Waals surface area contributed by atoms with Crippen molar-refractivity contribution in [2.75, 3.05) is 0 Å². The fourth-order valence-electron chi connectivity index (χ4n) is 8.87. The third-order valence-electron chi connectivity index (χ3n) is 11.3. The van der Waals surface area contributed by atoms with Gasteiger partial charge in [0.05, 0.1) is 55.1 Å². The van der Waals surface area contributed by atoms with Crippen molar-refractivity contribution in [1.29, 1.82) is 0 Å². The maximum Gasteiger partial charge on any atom is 0.163 e. The third kappa shape index (κ3) is 4.86. The molecule has 4 nitrogen and oxygen atoms in total. The Morgan fingerprint density at radius 1 is 0.368 bits per heavy atom. The molecule has 0 aliphatic rings. The van der Waals surface area contributed by atoms with E-state index in [1.165, 1.54) is 47.4 Å². The zero-order valence-electron chi connectivity index (χ0n) is 30.7. The largest absolute Gasteiger partial charge is 0.308 e. The van der Waals surface area contributed by atoms with E-state index in [4.69, 9.17) is 9.97 Å². The number of hydrogen-bond donors (Lipinski definition) is 0. The quantitative estimate of drug-likeness (QED) is 0.176. The van der Waals surface area contributed by atoms with E-state index in [0.717, 1.165) is 55.9 Å². The van der Waals surface area contributed by atoms with Crippen molar-refractivity contribution in [3.8, 4) is 45.3 Å². The lowest BCUT2D eigenvalue weighted by Gasteiger charge is -2.20. The SMILES string of the molecule is c1ccc(-c2cc(-c3ccccc3)nc(-c3c(-n4c5ccccc5c5ccccc54)cc(-n4c5ccccc5c5ccccc54)c4sc5ccccc5c34)n2)cc1. The number of rotatable bonds is 5. The number of hydrogen-bond acceptors (Lipinski definition) is 3. The molecule has 0 atom stereocenters. The lowest BCUT2D eigenvalue weighted by Crippen LogP contribution is -2.05. The lowest BCUT2D eigenvalue weighted by atomic mass is 10.00. The molecule has 0 aliphatic heterocycles. The molecule has 12 aromatic rings. The van der Waals surface area contributed by atoms with Crippen LogP contribution in [-0.2, 0) is 0 Å². The van der Waals surface area contributed by atoms with E-state index in [2.05, 4.69) is 203 Å². The van der Waals surface area contributed by atoms with Gasteiger partial charge in [0.25, 0.3) is 0 Å². The summed E-state index contributed by atoms with van der Waals surface area (Å²) in [4.78, 5) is 11.1. The van der Waals surface area contributed by atoms with Gasteiger partial charge in [-0.05, 0) is 42.5 Å². The van der Waals surface area contributed by atoms with Crippen LogP contribution in [0.25, 0.3) is 109 Å². The van der Waals surface area contributed by atoms with Gasteiger partial charge in [0.15, 0.2) is 5.82 Å². The van der Waals surface area contributed by atoms with Gasteiger partial charge in [0, 0.05) is 48.1 Å². The molecule has 5 heteroatoms. The van der Waals surface area contributed by atoms with Crippen molar-refractivity contribution in [2.45, 2.75) is 0 Å². The van der Waals surface area contributed by atoms with Crippen LogP contribution in [0.3, 0.4) is 0 Å². The molecule has 0 spiro atoms. The smallest absolute Gasteiger partial charge is 0.163 e. The monoisotopic (exact) mass is 744 g/mol. The highest BCUT2D eigenvalue weighted by atomic mass is 32.1. The van der Waals surface area contributed by atoms with Gasteiger partial charge in [-0.2, -0.15) is 0 Å². The topological polar surface area (TPSA) is 35.6 Å². The molecule has 0 saturated carbocycles. The molecule has 0 saturated heterocycles. The second-order valence-electron chi connectivity index (χ2n) is 14.5. The summed E-state index contributed by atoms with van der Waals surface area (Å²) >= 11 is 1.84. The third-order valence-corrected chi connectivity index (χ3v) is 12.5. The maximum atomic E-state index is 5.53. The van der Waals surface area contributed by atoms with Gasteiger partial charge in [0.2, 0.25) is 0 Å². The van der Waals surface area contributed by atoms with E-state index in [1.807, 2.05) is 11.3 Å². The van der Waals surface area contributed by atoms with Gasteiger partial charge >= 0.3 is 0 Å². The van der Waals surface area contributed by atoms with Crippen LogP contribution < -0.4 is 0 Å². The van der Waals surface area contributed by atoms with Gasteiger partial charge in [0.1, 0.15) is 0 Å². The highest BCUT2D eigenvalue weighted by molar-refractivity contribution is 7.26. The van der Waals surface area contributed by atoms with Crippen LogP contribution in [0.15, 0.2) is 194 Å². The Bertz CT molecular complexity index is 3360. The Balaban J connectivity index is 1.32. The highest BCUT2D eigenvalue weighted by Crippen LogP contribution is 2.49. The van der Waals surface area contributed by atoms with Crippen molar-refractivity contribution < 1.29 is 0 Å². The summed E-state index contributed by atoms with van der Waals surface area (Å²) in [6, 6.07) is 69.4. The molecule has 0 fully saturated rings. The molecule has 0 bridgehead atoms. The van der Waals surface area contributed by atoms with Crippen molar-refractivity contribution >= 4 is 75.1 Å². The number of nitrogens with zero attached hydrogens (tertiary/aromatic N) is 4. The van der Waals surface area contributed by atoms with E-state index in [9.17, 15) is 0 Å². The highest BCUT2D eigenvalue weighted by Gasteiger charge is 2.27. The van der Waals surface area contributed by atoms with E-state index in [0.29, 0.717) is 5.82 Å². The van der Waals surface area contributed by atoms with Crippen LogP contribution in [0.2, 0.25) is 0 Å². The Kier molecular flexibility index (Phi) is 7.06. The molecule has 57 heavy (non-hydrogen) atoms. The summed E-state index contributed by atoms with van der Waals surface area (Å²) in [5.74, 6) is 0.689. The fraction of sp³-hybridized carbons (Fsp3) is 0. The molecule has 4 aromatic heterocycles. The molecule has 4 heterocycles. The Hall–Kier alpha value is -7.34. The first-order valence-electron chi connectivity index (χ1n) is 19.3. The maximum absolute atomic E-state index is 5.53. The normalized spacial score (nSPS) is 11.9. The number of aromatic nitrogens is 4. The Morgan fingerprint density at radius 3 is 1.26 bits per heavy atom. The predicted octanol–water partition coefficient (Wildman–Crippen LogP) is 14.0. The molecule has 8 aromatic carbocycles. The van der Waals surface area contributed by atoms with Crippen LogP contribution in [0.5, 0.6) is 0 Å². The first kappa shape index (κ1) is 32.0. The van der Waals surface area contributed by atoms with Crippen molar-refractivity contribution in [1.82, 2.24) is 19.1 Å². The van der Waals surface area contributed by atoms with Gasteiger partial charge in [-0.25, -0.2) is 9.97 Å². The minimum atomic E-state index is 0.689. The second kappa shape index (κ2) is 12.6. The average Bonchev–Trinajstić information content (AvgIpc) is 3.95. The molecule has 0 N–H and O–H groups in total. The standard InChI is InChI=1S/C52H32N4S/c1-3-17-33(18-4-1)40-31-41(34-19-5-2-6-20-34)54-52(53-40)50-46(55-42-26-12-7-21-35(42)36-22-8-13-27-43(36)55)32-47(51-49(50)39-25-11-16-30-48(39)57-51)56-44-28-14-9-23-37(44)38-24-10-15-29-45(38)56/h1-32H. The first-order chi connectivity index (χ1) is 28.3. The minimum Gasteiger partial charge on any atom is -0.308 e. The molecular formula is C52H32N4S. The summed E-state index contributed by atoms with van der Waals surface area (Å²) in [6.45, 7) is 0.